The maximum atomic E-state index is 13.3. The van der Waals surface area contributed by atoms with E-state index in [2.05, 4.69) is 16.0 Å². The van der Waals surface area contributed by atoms with Crippen LogP contribution >= 0.6 is 0 Å². The average Bonchev–Trinajstić information content (AvgIpc) is 3.23. The number of allylic oxidation sites excluding steroid dienone is 1. The number of rotatable bonds is 4. The molecule has 0 bridgehead atoms. The lowest BCUT2D eigenvalue weighted by atomic mass is 9.66. The first-order valence-electron chi connectivity index (χ1n) is 10.6. The van der Waals surface area contributed by atoms with E-state index in [1.54, 1.807) is 13.1 Å². The quantitative estimate of drug-likeness (QED) is 0.614. The molecule has 1 aromatic rings. The molecule has 6 nitrogen and oxygen atoms in total. The Bertz CT molecular complexity index is 856. The van der Waals surface area contributed by atoms with Gasteiger partial charge in [0.2, 0.25) is 5.91 Å². The first-order chi connectivity index (χ1) is 14.3. The maximum absolute atomic E-state index is 13.3. The number of hydrogen-bond acceptors (Lipinski definition) is 4. The molecule has 1 amide bonds. The number of nitriles is 1. The Kier molecular flexibility index (Phi) is 6.62. The molecular formula is C24H32N4O2. The maximum Gasteiger partial charge on any atom is 0.227 e. The third-order valence-corrected chi connectivity index (χ3v) is 6.58. The molecule has 0 saturated carbocycles. The fraction of sp³-hybridized carbons (Fsp3) is 0.542. The molecule has 1 aromatic carbocycles. The summed E-state index contributed by atoms with van der Waals surface area (Å²) in [5.74, 6) is 0.917. The van der Waals surface area contributed by atoms with Crippen LogP contribution in [0.1, 0.15) is 38.7 Å². The van der Waals surface area contributed by atoms with Gasteiger partial charge >= 0.3 is 0 Å². The minimum absolute atomic E-state index is 0.0650. The molecule has 0 aromatic heterocycles. The zero-order valence-corrected chi connectivity index (χ0v) is 18.2. The number of amides is 1. The van der Waals surface area contributed by atoms with Crippen molar-refractivity contribution < 1.29 is 9.90 Å². The normalized spacial score (nSPS) is 26.8. The minimum Gasteiger partial charge on any atom is -0.384 e. The summed E-state index contributed by atoms with van der Waals surface area (Å²) in [5, 5.41) is 20.2. The topological polar surface area (TPSA) is 79.9 Å². The van der Waals surface area contributed by atoms with Crippen LogP contribution in [0.4, 0.5) is 0 Å². The van der Waals surface area contributed by atoms with Gasteiger partial charge in [-0.05, 0) is 24.5 Å². The molecule has 3 rings (SSSR count). The number of aliphatic imine (C=N–C) groups is 1. The average molecular weight is 409 g/mol. The minimum atomic E-state index is -0.944. The zero-order valence-electron chi connectivity index (χ0n) is 18.2. The summed E-state index contributed by atoms with van der Waals surface area (Å²) in [5.41, 5.74) is -0.473. The van der Waals surface area contributed by atoms with Gasteiger partial charge in [0.05, 0.1) is 24.0 Å². The Hall–Kier alpha value is -2.65. The van der Waals surface area contributed by atoms with Gasteiger partial charge in [-0.1, -0.05) is 50.3 Å². The largest absolute Gasteiger partial charge is 0.384 e. The van der Waals surface area contributed by atoms with E-state index < -0.39 is 11.0 Å². The Morgan fingerprint density at radius 2 is 2.03 bits per heavy atom. The van der Waals surface area contributed by atoms with Crippen molar-refractivity contribution in [2.75, 3.05) is 33.2 Å². The van der Waals surface area contributed by atoms with Gasteiger partial charge in [-0.2, -0.15) is 5.26 Å². The number of benzene rings is 1. The molecule has 2 fully saturated rings. The number of amidine groups is 1. The summed E-state index contributed by atoms with van der Waals surface area (Å²) in [7, 11) is 1.73. The van der Waals surface area contributed by atoms with Gasteiger partial charge in [0.1, 0.15) is 5.84 Å². The highest BCUT2D eigenvalue weighted by Gasteiger charge is 2.50. The fourth-order valence-electron chi connectivity index (χ4n) is 4.73. The summed E-state index contributed by atoms with van der Waals surface area (Å²) < 4.78 is 0. The lowest BCUT2D eigenvalue weighted by molar-refractivity contribution is -0.156. The van der Waals surface area contributed by atoms with E-state index >= 15 is 0 Å². The van der Waals surface area contributed by atoms with Gasteiger partial charge in [-0.3, -0.25) is 9.79 Å². The van der Waals surface area contributed by atoms with Gasteiger partial charge in [0.25, 0.3) is 0 Å². The second-order valence-corrected chi connectivity index (χ2v) is 8.90. The predicted molar refractivity (Wildman–Crippen MR) is 118 cm³/mol. The van der Waals surface area contributed by atoms with Crippen molar-refractivity contribution in [2.24, 2.45) is 16.3 Å². The van der Waals surface area contributed by atoms with Crippen molar-refractivity contribution in [3.8, 4) is 6.07 Å². The van der Waals surface area contributed by atoms with Crippen LogP contribution in [0.2, 0.25) is 0 Å². The molecule has 2 saturated heterocycles. The lowest BCUT2D eigenvalue weighted by Gasteiger charge is -2.51. The Balaban J connectivity index is 1.66. The van der Waals surface area contributed by atoms with Crippen molar-refractivity contribution in [1.82, 2.24) is 9.80 Å². The summed E-state index contributed by atoms with van der Waals surface area (Å²) in [6.07, 6.45) is 5.34. The standard InChI is InChI=1S/C24H32N4O2/c1-23(2)18-28(16-13-24(23,30)20-9-5-4-6-10-20)22(29)19-12-15-27(17-19)21(26-3)11-7-8-14-25/h4-7,9-11,19,30H,8,12-13,15-18H2,1-3H3/b11-7-,26-21?/t19?,24-/m0/s1. The van der Waals surface area contributed by atoms with Gasteiger partial charge in [-0.25, -0.2) is 0 Å². The summed E-state index contributed by atoms with van der Waals surface area (Å²) in [6.45, 7) is 6.60. The number of piperidine rings is 1. The Labute approximate surface area is 179 Å². The Morgan fingerprint density at radius 3 is 2.67 bits per heavy atom. The number of carbonyl (C=O) groups is 1. The Morgan fingerprint density at radius 1 is 1.30 bits per heavy atom. The van der Waals surface area contributed by atoms with Crippen LogP contribution in [0, 0.1) is 22.7 Å². The summed E-state index contributed by atoms with van der Waals surface area (Å²) >= 11 is 0. The molecule has 1 unspecified atom stereocenters. The number of hydrogen-bond donors (Lipinski definition) is 1. The fourth-order valence-corrected chi connectivity index (χ4v) is 4.73. The number of likely N-dealkylation sites (tertiary alicyclic amines) is 2. The van der Waals surface area contributed by atoms with E-state index in [9.17, 15) is 9.90 Å². The van der Waals surface area contributed by atoms with Gasteiger partial charge < -0.3 is 14.9 Å². The molecule has 6 heteroatoms. The van der Waals surface area contributed by atoms with E-state index in [1.807, 2.05) is 55.2 Å². The molecule has 0 radical (unpaired) electrons. The molecule has 1 N–H and O–H groups in total. The number of aliphatic hydroxyl groups is 1. The number of nitrogens with zero attached hydrogens (tertiary/aromatic N) is 4. The van der Waals surface area contributed by atoms with Crippen molar-refractivity contribution in [2.45, 2.75) is 38.7 Å². The van der Waals surface area contributed by atoms with Crippen molar-refractivity contribution >= 4 is 11.7 Å². The van der Waals surface area contributed by atoms with Crippen LogP contribution in [0.3, 0.4) is 0 Å². The zero-order chi connectivity index (χ0) is 21.8. The summed E-state index contributed by atoms with van der Waals surface area (Å²) in [4.78, 5) is 21.6. The monoisotopic (exact) mass is 408 g/mol. The molecule has 2 aliphatic rings. The highest BCUT2D eigenvalue weighted by molar-refractivity contribution is 5.93. The highest BCUT2D eigenvalue weighted by atomic mass is 16.3. The van der Waals surface area contributed by atoms with Gasteiger partial charge in [-0.15, -0.1) is 0 Å². The van der Waals surface area contributed by atoms with E-state index in [1.165, 1.54) is 0 Å². The van der Waals surface area contributed by atoms with E-state index in [0.717, 1.165) is 24.4 Å². The van der Waals surface area contributed by atoms with Crippen LogP contribution in [0.15, 0.2) is 47.5 Å². The molecule has 0 spiro atoms. The van der Waals surface area contributed by atoms with Crippen molar-refractivity contribution in [1.29, 1.82) is 5.26 Å². The molecule has 2 heterocycles. The smallest absolute Gasteiger partial charge is 0.227 e. The van der Waals surface area contributed by atoms with Gasteiger partial charge in [0.15, 0.2) is 0 Å². The van der Waals surface area contributed by atoms with Crippen LogP contribution in [0.25, 0.3) is 0 Å². The molecule has 2 aliphatic heterocycles. The first kappa shape index (κ1) is 22.0. The van der Waals surface area contributed by atoms with Crippen LogP contribution in [-0.2, 0) is 10.4 Å². The highest BCUT2D eigenvalue weighted by Crippen LogP contribution is 2.46. The molecule has 30 heavy (non-hydrogen) atoms. The molecule has 2 atom stereocenters. The first-order valence-corrected chi connectivity index (χ1v) is 10.6. The van der Waals surface area contributed by atoms with E-state index in [4.69, 9.17) is 5.26 Å². The van der Waals surface area contributed by atoms with E-state index in [0.29, 0.717) is 32.5 Å². The second kappa shape index (κ2) is 9.01. The molecular weight excluding hydrogens is 376 g/mol. The number of carbonyl (C=O) groups excluding carboxylic acids is 1. The third-order valence-electron chi connectivity index (χ3n) is 6.58. The molecule has 0 aliphatic carbocycles. The van der Waals surface area contributed by atoms with Crippen molar-refractivity contribution in [3.05, 3.63) is 48.0 Å². The van der Waals surface area contributed by atoms with Crippen molar-refractivity contribution in [3.63, 3.8) is 0 Å². The SMILES string of the molecule is CN=C(/C=C\CC#N)N1CCC(C(=O)N2CC[C@](O)(c3ccccc3)C(C)(C)C2)C1. The summed E-state index contributed by atoms with van der Waals surface area (Å²) in [6, 6.07) is 11.9. The lowest BCUT2D eigenvalue weighted by Crippen LogP contribution is -2.57. The van der Waals surface area contributed by atoms with E-state index in [-0.39, 0.29) is 11.8 Å². The van der Waals surface area contributed by atoms with Crippen LogP contribution in [-0.4, -0.2) is 59.9 Å². The second-order valence-electron chi connectivity index (χ2n) is 8.90. The predicted octanol–water partition coefficient (Wildman–Crippen LogP) is 2.95. The molecule has 160 valence electrons. The third kappa shape index (κ3) is 4.27. The van der Waals surface area contributed by atoms with Crippen LogP contribution in [0.5, 0.6) is 0 Å². The van der Waals surface area contributed by atoms with Crippen LogP contribution < -0.4 is 0 Å². The van der Waals surface area contributed by atoms with Gasteiger partial charge in [0, 0.05) is 38.6 Å².